The zero-order valence-corrected chi connectivity index (χ0v) is 17.9. The maximum absolute atomic E-state index is 13.3. The van der Waals surface area contributed by atoms with E-state index in [0.29, 0.717) is 12.1 Å². The van der Waals surface area contributed by atoms with Gasteiger partial charge in [0.05, 0.1) is 23.8 Å². The van der Waals surface area contributed by atoms with E-state index in [4.69, 9.17) is 4.74 Å². The van der Waals surface area contributed by atoms with Crippen LogP contribution in [0.5, 0.6) is 0 Å². The normalized spacial score (nSPS) is 22.5. The first-order chi connectivity index (χ1) is 15.4. The van der Waals surface area contributed by atoms with E-state index >= 15 is 0 Å². The number of halogens is 6. The summed E-state index contributed by atoms with van der Waals surface area (Å²) < 4.78 is 85.4. The lowest BCUT2D eigenvalue weighted by molar-refractivity contribution is -0.148. The lowest BCUT2D eigenvalue weighted by Crippen LogP contribution is -2.45. The summed E-state index contributed by atoms with van der Waals surface area (Å²) in [5, 5.41) is 2.26. The van der Waals surface area contributed by atoms with Gasteiger partial charge < -0.3 is 10.1 Å². The number of ether oxygens (including phenoxy) is 1. The lowest BCUT2D eigenvalue weighted by atomic mass is 9.85. The third-order valence-corrected chi connectivity index (χ3v) is 5.99. The number of benzene rings is 1. The molecule has 1 heterocycles. The smallest absolute Gasteiger partial charge is 0.416 e. The van der Waals surface area contributed by atoms with Crippen molar-refractivity contribution >= 4 is 17.7 Å². The van der Waals surface area contributed by atoms with Gasteiger partial charge in [0.2, 0.25) is 0 Å². The van der Waals surface area contributed by atoms with Gasteiger partial charge in [-0.15, -0.1) is 0 Å². The number of nitrogens with zero attached hydrogens (tertiary/aromatic N) is 1. The molecule has 1 aliphatic heterocycles. The van der Waals surface area contributed by atoms with Crippen molar-refractivity contribution in [2.75, 3.05) is 6.61 Å². The third kappa shape index (κ3) is 6.05. The summed E-state index contributed by atoms with van der Waals surface area (Å²) >= 11 is 0. The monoisotopic (exact) mass is 478 g/mol. The highest BCUT2D eigenvalue weighted by atomic mass is 19.4. The van der Waals surface area contributed by atoms with Crippen molar-refractivity contribution in [3.63, 3.8) is 0 Å². The van der Waals surface area contributed by atoms with Crippen LogP contribution < -0.4 is 5.32 Å². The van der Waals surface area contributed by atoms with Crippen LogP contribution >= 0.6 is 0 Å². The lowest BCUT2D eigenvalue weighted by Gasteiger charge is -2.32. The van der Waals surface area contributed by atoms with Crippen molar-refractivity contribution in [3.8, 4) is 0 Å². The number of esters is 1. The van der Waals surface area contributed by atoms with Gasteiger partial charge in [0, 0.05) is 5.71 Å². The minimum Gasteiger partial charge on any atom is -0.465 e. The van der Waals surface area contributed by atoms with Crippen LogP contribution in [-0.2, 0) is 21.9 Å². The predicted molar refractivity (Wildman–Crippen MR) is 106 cm³/mol. The molecule has 3 rings (SSSR count). The molecule has 2 aliphatic rings. The van der Waals surface area contributed by atoms with Gasteiger partial charge in [-0.25, -0.2) is 9.79 Å². The summed E-state index contributed by atoms with van der Waals surface area (Å²) in [6.45, 7) is 1.69. The molecule has 0 radical (unpaired) electrons. The number of hydrogen-bond donors (Lipinski definition) is 1. The molecule has 1 saturated carbocycles. The van der Waals surface area contributed by atoms with Crippen molar-refractivity contribution in [2.24, 2.45) is 16.8 Å². The minimum atomic E-state index is -5.06. The number of aliphatic imine (C=N–C) groups is 1. The maximum Gasteiger partial charge on any atom is 0.416 e. The third-order valence-electron chi connectivity index (χ3n) is 5.99. The van der Waals surface area contributed by atoms with Gasteiger partial charge in [-0.1, -0.05) is 26.2 Å². The van der Waals surface area contributed by atoms with Gasteiger partial charge in [-0.05, 0) is 48.9 Å². The second-order valence-corrected chi connectivity index (χ2v) is 8.33. The van der Waals surface area contributed by atoms with Gasteiger partial charge >= 0.3 is 24.4 Å². The number of carbonyl (C=O) groups excluding carboxylic acids is 2. The molecule has 0 saturated heterocycles. The van der Waals surface area contributed by atoms with Crippen LogP contribution in [0, 0.1) is 11.8 Å². The number of rotatable bonds is 5. The Bertz CT molecular complexity index is 887. The second-order valence-electron chi connectivity index (χ2n) is 8.33. The Morgan fingerprint density at radius 1 is 1.03 bits per heavy atom. The van der Waals surface area contributed by atoms with E-state index in [2.05, 4.69) is 10.3 Å². The first-order valence-electron chi connectivity index (χ1n) is 10.7. The first-order valence-corrected chi connectivity index (χ1v) is 10.7. The molecule has 1 aromatic carbocycles. The molecule has 0 bridgehead atoms. The predicted octanol–water partition coefficient (Wildman–Crippen LogP) is 6.08. The van der Waals surface area contributed by atoms with Crippen LogP contribution in [0.25, 0.3) is 0 Å². The zero-order valence-electron chi connectivity index (χ0n) is 17.9. The van der Waals surface area contributed by atoms with Crippen molar-refractivity contribution in [3.05, 3.63) is 34.9 Å². The Morgan fingerprint density at radius 3 is 2.12 bits per heavy atom. The van der Waals surface area contributed by atoms with Crippen LogP contribution in [0.1, 0.15) is 68.2 Å². The summed E-state index contributed by atoms with van der Waals surface area (Å²) in [6, 6.07) is -1.40. The summed E-state index contributed by atoms with van der Waals surface area (Å²) in [5.41, 5.74) is -3.51. The highest BCUT2D eigenvalue weighted by molar-refractivity contribution is 6.09. The van der Waals surface area contributed by atoms with Crippen LogP contribution in [0.3, 0.4) is 0 Å². The van der Waals surface area contributed by atoms with E-state index in [1.807, 2.05) is 0 Å². The summed E-state index contributed by atoms with van der Waals surface area (Å²) in [7, 11) is 0. The number of carbonyl (C=O) groups is 2. The van der Waals surface area contributed by atoms with Gasteiger partial charge in [0.1, 0.15) is 5.92 Å². The fraction of sp³-hybridized carbons (Fsp3) is 0.591. The molecular weight excluding hydrogens is 454 g/mol. The van der Waals surface area contributed by atoms with Gasteiger partial charge in [-0.3, -0.25) is 4.79 Å². The van der Waals surface area contributed by atoms with Crippen molar-refractivity contribution in [2.45, 2.75) is 63.8 Å². The molecule has 2 unspecified atom stereocenters. The van der Waals surface area contributed by atoms with Crippen LogP contribution in [0.4, 0.5) is 31.1 Å². The molecule has 1 aromatic rings. The fourth-order valence-electron chi connectivity index (χ4n) is 4.29. The van der Waals surface area contributed by atoms with E-state index in [9.17, 15) is 35.9 Å². The average Bonchev–Trinajstić information content (AvgIpc) is 2.76. The number of hydrogen-bond acceptors (Lipinski definition) is 3. The number of nitrogens with one attached hydrogen (secondary N) is 1. The molecule has 11 heteroatoms. The van der Waals surface area contributed by atoms with Crippen molar-refractivity contribution < 1.29 is 40.7 Å². The van der Waals surface area contributed by atoms with Crippen molar-refractivity contribution in [1.82, 2.24) is 5.32 Å². The molecule has 1 N–H and O–H groups in total. The molecule has 2 atom stereocenters. The standard InChI is InChI=1S/C22H24F6N2O3/c1-2-16-17(19(31)33-11-12-6-4-3-5-7-12)18(30-20(32)29-16)13-8-14(21(23,24)25)10-15(9-13)22(26,27)28/h8-10,12,17-18H,2-7,11H2,1H3,(H,30,32). The topological polar surface area (TPSA) is 67.8 Å². The Labute approximate surface area is 186 Å². The minimum absolute atomic E-state index is 0.000622. The number of urea groups is 1. The summed E-state index contributed by atoms with van der Waals surface area (Å²) in [6.07, 6.45) is -5.21. The van der Waals surface area contributed by atoms with Gasteiger partial charge in [-0.2, -0.15) is 26.3 Å². The Balaban J connectivity index is 1.98. The maximum atomic E-state index is 13.3. The van der Waals surface area contributed by atoms with E-state index < -0.39 is 53.0 Å². The van der Waals surface area contributed by atoms with Gasteiger partial charge in [0.25, 0.3) is 0 Å². The van der Waals surface area contributed by atoms with E-state index in [1.54, 1.807) is 6.92 Å². The molecular formula is C22H24F6N2O3. The highest BCUT2D eigenvalue weighted by Crippen LogP contribution is 2.39. The Kier molecular flexibility index (Phi) is 7.38. The van der Waals surface area contributed by atoms with Crippen molar-refractivity contribution in [1.29, 1.82) is 0 Å². The van der Waals surface area contributed by atoms with E-state index in [0.717, 1.165) is 32.1 Å². The molecule has 2 amide bonds. The molecule has 182 valence electrons. The molecule has 33 heavy (non-hydrogen) atoms. The molecule has 0 spiro atoms. The number of alkyl halides is 6. The molecule has 1 fully saturated rings. The quantitative estimate of drug-likeness (QED) is 0.412. The van der Waals surface area contributed by atoms with Crippen LogP contribution in [0.15, 0.2) is 23.2 Å². The average molecular weight is 478 g/mol. The second kappa shape index (κ2) is 9.72. The van der Waals surface area contributed by atoms with Crippen LogP contribution in [0.2, 0.25) is 0 Å². The Morgan fingerprint density at radius 2 is 1.61 bits per heavy atom. The Hall–Kier alpha value is -2.59. The van der Waals surface area contributed by atoms with E-state index in [1.165, 1.54) is 0 Å². The first kappa shape index (κ1) is 25.0. The fourth-order valence-corrected chi connectivity index (χ4v) is 4.29. The van der Waals surface area contributed by atoms with E-state index in [-0.39, 0.29) is 30.7 Å². The molecule has 5 nitrogen and oxygen atoms in total. The van der Waals surface area contributed by atoms with Crippen LogP contribution in [-0.4, -0.2) is 24.3 Å². The molecule has 0 aromatic heterocycles. The van der Waals surface area contributed by atoms with Gasteiger partial charge in [0.15, 0.2) is 0 Å². The highest BCUT2D eigenvalue weighted by Gasteiger charge is 2.43. The SMILES string of the molecule is CCC1=NC(=O)NC(c2cc(C(F)(F)F)cc(C(F)(F)F)c2)C1C(=O)OCC1CCCCC1. The largest absolute Gasteiger partial charge is 0.465 e. The summed E-state index contributed by atoms with van der Waals surface area (Å²) in [5.74, 6) is -2.02. The number of amides is 2. The zero-order chi connectivity index (χ0) is 24.4. The molecule has 1 aliphatic carbocycles. The summed E-state index contributed by atoms with van der Waals surface area (Å²) in [4.78, 5) is 28.8.